The molecule has 0 N–H and O–H groups in total. The van der Waals surface area contributed by atoms with Gasteiger partial charge in [0.1, 0.15) is 5.75 Å². The molecule has 128 valence electrons. The number of hydrogen-bond donors (Lipinski definition) is 0. The molecule has 0 unspecified atom stereocenters. The molecule has 0 radical (unpaired) electrons. The second-order valence-corrected chi connectivity index (χ2v) is 5.16. The van der Waals surface area contributed by atoms with Crippen molar-refractivity contribution in [3.8, 4) is 28.6 Å². The lowest BCUT2D eigenvalue weighted by atomic mass is 10.2. The largest absolute Gasteiger partial charge is 0.435 e. The van der Waals surface area contributed by atoms with Crippen LogP contribution >= 0.6 is 11.6 Å². The predicted octanol–water partition coefficient (Wildman–Crippen LogP) is 4.57. The Kier molecular flexibility index (Phi) is 4.57. The summed E-state index contributed by atoms with van der Waals surface area (Å²) in [5.74, 6) is -0.00611. The van der Waals surface area contributed by atoms with Crippen LogP contribution in [0.4, 0.5) is 14.5 Å². The van der Waals surface area contributed by atoms with Crippen LogP contribution in [0.15, 0.2) is 47.0 Å². The highest BCUT2D eigenvalue weighted by Crippen LogP contribution is 2.32. The maximum Gasteiger partial charge on any atom is 0.387 e. The molecule has 25 heavy (non-hydrogen) atoms. The van der Waals surface area contributed by atoms with E-state index in [2.05, 4.69) is 14.9 Å². The minimum Gasteiger partial charge on any atom is -0.435 e. The number of ether oxygens (including phenoxy) is 1. The second-order valence-electron chi connectivity index (χ2n) is 4.75. The van der Waals surface area contributed by atoms with Crippen molar-refractivity contribution in [3.05, 3.63) is 57.6 Å². The predicted molar refractivity (Wildman–Crippen MR) is 83.5 cm³/mol. The van der Waals surface area contributed by atoms with Crippen LogP contribution in [0, 0.1) is 10.1 Å². The Morgan fingerprint density at radius 3 is 2.76 bits per heavy atom. The number of non-ortho nitro benzene ring substituents is 1. The minimum atomic E-state index is -2.96. The fraction of sp³-hybridized carbons (Fsp3) is 0.0667. The van der Waals surface area contributed by atoms with Crippen molar-refractivity contribution in [2.24, 2.45) is 0 Å². The number of alkyl halides is 2. The number of nitro groups is 1. The van der Waals surface area contributed by atoms with Gasteiger partial charge < -0.3 is 9.26 Å². The van der Waals surface area contributed by atoms with E-state index in [-0.39, 0.29) is 33.7 Å². The van der Waals surface area contributed by atoms with Crippen LogP contribution in [0.1, 0.15) is 0 Å². The van der Waals surface area contributed by atoms with Gasteiger partial charge in [-0.2, -0.15) is 13.8 Å². The molecular formula is C15H8ClF2N3O4. The van der Waals surface area contributed by atoms with Crippen LogP contribution in [0.3, 0.4) is 0 Å². The molecule has 1 aromatic heterocycles. The van der Waals surface area contributed by atoms with E-state index in [1.165, 1.54) is 36.4 Å². The first kappa shape index (κ1) is 16.8. The molecule has 7 nitrogen and oxygen atoms in total. The number of nitro benzene ring substituents is 1. The molecule has 0 aliphatic heterocycles. The molecule has 0 fully saturated rings. The SMILES string of the molecule is O=[N+]([O-])c1ccc(Cl)c(-c2nc(-c3cccc(OC(F)F)c3)no2)c1. The van der Waals surface area contributed by atoms with Crippen molar-refractivity contribution < 1.29 is 23.0 Å². The summed E-state index contributed by atoms with van der Waals surface area (Å²) in [5, 5.41) is 14.8. The summed E-state index contributed by atoms with van der Waals surface area (Å²) >= 11 is 6.02. The fourth-order valence-corrected chi connectivity index (χ4v) is 2.25. The van der Waals surface area contributed by atoms with E-state index in [0.717, 1.165) is 0 Å². The van der Waals surface area contributed by atoms with Gasteiger partial charge in [0, 0.05) is 17.7 Å². The zero-order chi connectivity index (χ0) is 18.0. The van der Waals surface area contributed by atoms with E-state index in [0.29, 0.717) is 5.56 Å². The number of hydrogen-bond acceptors (Lipinski definition) is 6. The number of nitrogens with zero attached hydrogens (tertiary/aromatic N) is 3. The molecule has 2 aromatic carbocycles. The summed E-state index contributed by atoms with van der Waals surface area (Å²) in [6.45, 7) is -2.96. The van der Waals surface area contributed by atoms with Gasteiger partial charge in [0.2, 0.25) is 5.82 Å². The normalized spacial score (nSPS) is 10.9. The van der Waals surface area contributed by atoms with Crippen molar-refractivity contribution in [1.29, 1.82) is 0 Å². The van der Waals surface area contributed by atoms with Crippen LogP contribution in [0.25, 0.3) is 22.8 Å². The Bertz CT molecular complexity index is 933. The zero-order valence-corrected chi connectivity index (χ0v) is 13.0. The highest BCUT2D eigenvalue weighted by Gasteiger charge is 2.18. The lowest BCUT2D eigenvalue weighted by molar-refractivity contribution is -0.384. The molecule has 10 heteroatoms. The first-order valence-corrected chi connectivity index (χ1v) is 7.15. The Hall–Kier alpha value is -3.07. The molecule has 0 atom stereocenters. The van der Waals surface area contributed by atoms with E-state index in [1.807, 2.05) is 0 Å². The molecule has 0 spiro atoms. The van der Waals surface area contributed by atoms with Crippen LogP contribution in [0.2, 0.25) is 5.02 Å². The van der Waals surface area contributed by atoms with E-state index in [9.17, 15) is 18.9 Å². The van der Waals surface area contributed by atoms with E-state index >= 15 is 0 Å². The number of halogens is 3. The Balaban J connectivity index is 1.96. The third-order valence-electron chi connectivity index (χ3n) is 3.13. The molecule has 0 saturated carbocycles. The molecule has 1 heterocycles. The molecule has 0 bridgehead atoms. The van der Waals surface area contributed by atoms with Crippen LogP contribution in [-0.4, -0.2) is 21.7 Å². The topological polar surface area (TPSA) is 91.3 Å². The van der Waals surface area contributed by atoms with Crippen LogP contribution in [-0.2, 0) is 0 Å². The smallest absolute Gasteiger partial charge is 0.387 e. The van der Waals surface area contributed by atoms with Gasteiger partial charge in [0.15, 0.2) is 0 Å². The highest BCUT2D eigenvalue weighted by molar-refractivity contribution is 6.33. The van der Waals surface area contributed by atoms with Gasteiger partial charge in [0.25, 0.3) is 11.6 Å². The molecule has 0 aliphatic rings. The number of rotatable bonds is 5. The third kappa shape index (κ3) is 3.72. The maximum atomic E-state index is 12.3. The summed E-state index contributed by atoms with van der Waals surface area (Å²) in [4.78, 5) is 14.4. The van der Waals surface area contributed by atoms with Gasteiger partial charge in [-0.05, 0) is 18.2 Å². The van der Waals surface area contributed by atoms with Gasteiger partial charge in [0.05, 0.1) is 15.5 Å². The zero-order valence-electron chi connectivity index (χ0n) is 12.2. The lowest BCUT2D eigenvalue weighted by Crippen LogP contribution is -2.01. The monoisotopic (exact) mass is 367 g/mol. The first-order valence-electron chi connectivity index (χ1n) is 6.77. The summed E-state index contributed by atoms with van der Waals surface area (Å²) in [6.07, 6.45) is 0. The quantitative estimate of drug-likeness (QED) is 0.484. The van der Waals surface area contributed by atoms with Crippen LogP contribution < -0.4 is 4.74 Å². The number of benzene rings is 2. The molecule has 0 amide bonds. The van der Waals surface area contributed by atoms with Gasteiger partial charge in [-0.15, -0.1) is 0 Å². The molecular weight excluding hydrogens is 360 g/mol. The van der Waals surface area contributed by atoms with Crippen molar-refractivity contribution in [1.82, 2.24) is 10.1 Å². The van der Waals surface area contributed by atoms with Gasteiger partial charge in [-0.1, -0.05) is 28.9 Å². The standard InChI is InChI=1S/C15H8ClF2N3O4/c16-12-5-4-9(21(22)23)7-11(12)14-19-13(20-25-14)8-2-1-3-10(6-8)24-15(17)18/h1-7,15H. The van der Waals surface area contributed by atoms with Crippen molar-refractivity contribution in [2.75, 3.05) is 0 Å². The van der Waals surface area contributed by atoms with Crippen molar-refractivity contribution in [2.45, 2.75) is 6.61 Å². The average Bonchev–Trinajstić information content (AvgIpc) is 3.04. The molecule has 3 rings (SSSR count). The first-order chi connectivity index (χ1) is 11.9. The second kappa shape index (κ2) is 6.81. The highest BCUT2D eigenvalue weighted by atomic mass is 35.5. The summed E-state index contributed by atoms with van der Waals surface area (Å²) in [7, 11) is 0. The molecule has 0 saturated heterocycles. The molecule has 0 aliphatic carbocycles. The van der Waals surface area contributed by atoms with E-state index in [1.54, 1.807) is 6.07 Å². The minimum absolute atomic E-state index is 0.0381. The van der Waals surface area contributed by atoms with Crippen molar-refractivity contribution in [3.63, 3.8) is 0 Å². The van der Waals surface area contributed by atoms with E-state index in [4.69, 9.17) is 16.1 Å². The average molecular weight is 368 g/mol. The van der Waals surface area contributed by atoms with Gasteiger partial charge >= 0.3 is 6.61 Å². The summed E-state index contributed by atoms with van der Waals surface area (Å²) in [6, 6.07) is 9.52. The van der Waals surface area contributed by atoms with Gasteiger partial charge in [-0.25, -0.2) is 0 Å². The molecule has 3 aromatic rings. The summed E-state index contributed by atoms with van der Waals surface area (Å²) < 4.78 is 34.0. The Morgan fingerprint density at radius 2 is 2.04 bits per heavy atom. The van der Waals surface area contributed by atoms with Crippen molar-refractivity contribution >= 4 is 17.3 Å². The van der Waals surface area contributed by atoms with Crippen LogP contribution in [0.5, 0.6) is 5.75 Å². The Morgan fingerprint density at radius 1 is 1.24 bits per heavy atom. The maximum absolute atomic E-state index is 12.3. The third-order valence-corrected chi connectivity index (χ3v) is 3.46. The summed E-state index contributed by atoms with van der Waals surface area (Å²) in [5.41, 5.74) is 0.371. The van der Waals surface area contributed by atoms with E-state index < -0.39 is 11.5 Å². The Labute approximate surface area is 143 Å². The lowest BCUT2D eigenvalue weighted by Gasteiger charge is -2.04. The fourth-order valence-electron chi connectivity index (χ4n) is 2.05. The number of aromatic nitrogens is 2. The van der Waals surface area contributed by atoms with Gasteiger partial charge in [-0.3, -0.25) is 10.1 Å².